The number of carbonyl (C=O) groups is 1. The maximum atomic E-state index is 12.2. The number of fused-ring (bicyclic) bond motifs is 1. The van der Waals surface area contributed by atoms with E-state index in [1.54, 1.807) is 19.1 Å². The summed E-state index contributed by atoms with van der Waals surface area (Å²) in [5, 5.41) is 23.6. The van der Waals surface area contributed by atoms with Gasteiger partial charge in [-0.05, 0) is 42.7 Å². The van der Waals surface area contributed by atoms with Gasteiger partial charge in [0.1, 0.15) is 5.75 Å². The van der Waals surface area contributed by atoms with Crippen LogP contribution in [0.25, 0.3) is 10.9 Å². The number of aromatic amines is 1. The molecule has 1 amide bonds. The molecule has 3 aromatic rings. The molecule has 130 valence electrons. The fourth-order valence-corrected chi connectivity index (χ4v) is 2.95. The summed E-state index contributed by atoms with van der Waals surface area (Å²) >= 11 is 0. The van der Waals surface area contributed by atoms with Crippen molar-refractivity contribution in [3.05, 3.63) is 65.9 Å². The fraction of sp³-hybridized carbons (Fsp3) is 0.250. The van der Waals surface area contributed by atoms with Gasteiger partial charge < -0.3 is 20.5 Å². The van der Waals surface area contributed by atoms with Crippen LogP contribution in [-0.2, 0) is 11.2 Å². The van der Waals surface area contributed by atoms with Gasteiger partial charge in [0.2, 0.25) is 5.91 Å². The van der Waals surface area contributed by atoms with Crippen molar-refractivity contribution < 1.29 is 15.0 Å². The highest BCUT2D eigenvalue weighted by molar-refractivity contribution is 5.84. The first-order valence-corrected chi connectivity index (χ1v) is 8.36. The smallest absolute Gasteiger partial charge is 0.220 e. The summed E-state index contributed by atoms with van der Waals surface area (Å²) in [5.41, 5.74) is 2.83. The molecular formula is C20H22N2O3. The van der Waals surface area contributed by atoms with Crippen molar-refractivity contribution in [2.45, 2.75) is 31.9 Å². The maximum absolute atomic E-state index is 12.2. The Kier molecular flexibility index (Phi) is 5.05. The number of aliphatic hydroxyl groups is 1. The summed E-state index contributed by atoms with van der Waals surface area (Å²) in [6, 6.07) is 13.9. The first kappa shape index (κ1) is 17.0. The van der Waals surface area contributed by atoms with Gasteiger partial charge in [0.25, 0.3) is 0 Å². The number of aliphatic hydroxyl groups excluding tert-OH is 1. The Balaban J connectivity index is 1.55. The van der Waals surface area contributed by atoms with Crippen LogP contribution in [0.15, 0.2) is 54.7 Å². The quantitative estimate of drug-likeness (QED) is 0.557. The number of rotatable bonds is 6. The number of H-pyrrole nitrogens is 1. The predicted octanol–water partition coefficient (Wildman–Crippen LogP) is 3.04. The number of aryl methyl sites for hydroxylation is 1. The van der Waals surface area contributed by atoms with E-state index in [-0.39, 0.29) is 11.7 Å². The van der Waals surface area contributed by atoms with Gasteiger partial charge in [-0.2, -0.15) is 0 Å². The van der Waals surface area contributed by atoms with Gasteiger partial charge in [0.05, 0.1) is 12.1 Å². The number of hydrogen-bond acceptors (Lipinski definition) is 3. The van der Waals surface area contributed by atoms with Crippen LogP contribution in [0.4, 0.5) is 0 Å². The van der Waals surface area contributed by atoms with E-state index in [0.29, 0.717) is 18.4 Å². The maximum Gasteiger partial charge on any atom is 0.220 e. The average molecular weight is 338 g/mol. The van der Waals surface area contributed by atoms with E-state index >= 15 is 0 Å². The van der Waals surface area contributed by atoms with Gasteiger partial charge in [-0.3, -0.25) is 4.79 Å². The van der Waals surface area contributed by atoms with Crippen LogP contribution < -0.4 is 5.32 Å². The third kappa shape index (κ3) is 4.00. The Morgan fingerprint density at radius 2 is 1.88 bits per heavy atom. The second-order valence-electron chi connectivity index (χ2n) is 6.25. The van der Waals surface area contributed by atoms with Crippen molar-refractivity contribution in [1.29, 1.82) is 0 Å². The van der Waals surface area contributed by atoms with Gasteiger partial charge in [-0.15, -0.1) is 0 Å². The van der Waals surface area contributed by atoms with Crippen LogP contribution in [0.1, 0.15) is 30.6 Å². The number of nitrogens with one attached hydrogen (secondary N) is 2. The minimum Gasteiger partial charge on any atom is -0.508 e. The highest BCUT2D eigenvalue weighted by Gasteiger charge is 2.18. The van der Waals surface area contributed by atoms with Crippen molar-refractivity contribution in [3.63, 3.8) is 0 Å². The van der Waals surface area contributed by atoms with Gasteiger partial charge in [-0.1, -0.05) is 30.3 Å². The summed E-state index contributed by atoms with van der Waals surface area (Å²) in [6.45, 7) is 1.76. The van der Waals surface area contributed by atoms with Crippen LogP contribution in [0.3, 0.4) is 0 Å². The Bertz CT molecular complexity index is 855. The first-order valence-electron chi connectivity index (χ1n) is 8.36. The molecule has 0 saturated carbocycles. The van der Waals surface area contributed by atoms with E-state index in [1.165, 1.54) is 12.1 Å². The van der Waals surface area contributed by atoms with Crippen LogP contribution in [0.5, 0.6) is 5.75 Å². The number of carbonyl (C=O) groups excluding carboxylic acids is 1. The fourth-order valence-electron chi connectivity index (χ4n) is 2.95. The number of benzene rings is 2. The predicted molar refractivity (Wildman–Crippen MR) is 97.3 cm³/mol. The Morgan fingerprint density at radius 1 is 1.16 bits per heavy atom. The average Bonchev–Trinajstić information content (AvgIpc) is 3.03. The molecule has 0 aliphatic rings. The molecule has 5 nitrogen and oxygen atoms in total. The molecule has 0 spiro atoms. The molecule has 1 aromatic heterocycles. The molecule has 3 rings (SSSR count). The molecule has 0 radical (unpaired) electrons. The minimum atomic E-state index is -0.822. The Labute approximate surface area is 146 Å². The van der Waals surface area contributed by atoms with E-state index in [1.807, 2.05) is 30.5 Å². The molecule has 2 unspecified atom stereocenters. The number of aromatic nitrogens is 1. The van der Waals surface area contributed by atoms with E-state index in [0.717, 1.165) is 16.5 Å². The molecule has 2 aromatic carbocycles. The first-order chi connectivity index (χ1) is 12.0. The lowest BCUT2D eigenvalue weighted by molar-refractivity contribution is -0.122. The highest BCUT2D eigenvalue weighted by Crippen LogP contribution is 2.21. The number of amides is 1. The number of hydrogen-bond donors (Lipinski definition) is 4. The van der Waals surface area contributed by atoms with Crippen molar-refractivity contribution in [2.75, 3.05) is 0 Å². The molecular weight excluding hydrogens is 316 g/mol. The van der Waals surface area contributed by atoms with Crippen molar-refractivity contribution >= 4 is 16.8 Å². The topological polar surface area (TPSA) is 85.4 Å². The van der Waals surface area contributed by atoms with Gasteiger partial charge in [0.15, 0.2) is 0 Å². The zero-order chi connectivity index (χ0) is 17.8. The van der Waals surface area contributed by atoms with Gasteiger partial charge in [-0.25, -0.2) is 0 Å². The van der Waals surface area contributed by atoms with Crippen LogP contribution in [-0.4, -0.2) is 27.1 Å². The molecule has 2 atom stereocenters. The molecule has 0 aliphatic carbocycles. The molecule has 1 heterocycles. The van der Waals surface area contributed by atoms with Gasteiger partial charge >= 0.3 is 0 Å². The zero-order valence-corrected chi connectivity index (χ0v) is 14.1. The number of aromatic hydroxyl groups is 1. The third-order valence-corrected chi connectivity index (χ3v) is 4.39. The summed E-state index contributed by atoms with van der Waals surface area (Å²) in [7, 11) is 0. The number of para-hydroxylation sites is 1. The summed E-state index contributed by atoms with van der Waals surface area (Å²) in [6.07, 6.45) is 2.11. The van der Waals surface area contributed by atoms with Crippen LogP contribution >= 0.6 is 0 Å². The molecule has 0 aliphatic heterocycles. The largest absolute Gasteiger partial charge is 0.508 e. The lowest BCUT2D eigenvalue weighted by Crippen LogP contribution is -2.37. The lowest BCUT2D eigenvalue weighted by Gasteiger charge is -2.20. The third-order valence-electron chi connectivity index (χ3n) is 4.39. The van der Waals surface area contributed by atoms with E-state index in [2.05, 4.69) is 10.3 Å². The molecule has 25 heavy (non-hydrogen) atoms. The summed E-state index contributed by atoms with van der Waals surface area (Å²) in [4.78, 5) is 15.4. The van der Waals surface area contributed by atoms with Crippen molar-refractivity contribution in [1.82, 2.24) is 10.3 Å². The van der Waals surface area contributed by atoms with E-state index in [4.69, 9.17) is 0 Å². The minimum absolute atomic E-state index is 0.101. The van der Waals surface area contributed by atoms with Gasteiger partial charge in [0, 0.05) is 23.5 Å². The molecule has 5 heteroatoms. The lowest BCUT2D eigenvalue weighted by atomic mass is 10.0. The standard InChI is InChI=1S/C20H22N2O3/c1-13(20(25)14-6-9-16(23)10-7-14)22-19(24)11-8-15-12-21-18-5-3-2-4-17(15)18/h2-7,9-10,12-13,20-21,23,25H,8,11H2,1H3,(H,22,24). The Hall–Kier alpha value is -2.79. The second kappa shape index (κ2) is 7.40. The van der Waals surface area contributed by atoms with E-state index < -0.39 is 12.1 Å². The number of phenolic OH excluding ortho intramolecular Hbond substituents is 1. The zero-order valence-electron chi connectivity index (χ0n) is 14.1. The van der Waals surface area contributed by atoms with Crippen LogP contribution in [0, 0.1) is 0 Å². The Morgan fingerprint density at radius 3 is 2.64 bits per heavy atom. The van der Waals surface area contributed by atoms with Crippen molar-refractivity contribution in [3.8, 4) is 5.75 Å². The molecule has 0 fully saturated rings. The second-order valence-corrected chi connectivity index (χ2v) is 6.25. The summed E-state index contributed by atoms with van der Waals surface area (Å²) in [5.74, 6) is 0.0435. The molecule has 0 bridgehead atoms. The highest BCUT2D eigenvalue weighted by atomic mass is 16.3. The van der Waals surface area contributed by atoms with Crippen molar-refractivity contribution in [2.24, 2.45) is 0 Å². The van der Waals surface area contributed by atoms with E-state index in [9.17, 15) is 15.0 Å². The molecule has 4 N–H and O–H groups in total. The van der Waals surface area contributed by atoms with Crippen LogP contribution in [0.2, 0.25) is 0 Å². The number of phenols is 1. The SMILES string of the molecule is CC(NC(=O)CCc1c[nH]c2ccccc12)C(O)c1ccc(O)cc1. The molecule has 0 saturated heterocycles. The monoisotopic (exact) mass is 338 g/mol. The normalized spacial score (nSPS) is 13.5. The summed E-state index contributed by atoms with van der Waals surface area (Å²) < 4.78 is 0.